The smallest absolute Gasteiger partial charge is 0.260 e. The standard InChI is InChI=1S/C17H20N4O3/c1-24-13-3-4-15(22)14(10-13)17(23)20-16-5-2-12(11-19-16)21-8-6-18-7-9-21/h2-5,10-11,18,22H,6-9H2,1H3,(H,19,20,23). The number of piperazine rings is 1. The quantitative estimate of drug-likeness (QED) is 0.788. The Hall–Kier alpha value is -2.80. The molecule has 0 unspecified atom stereocenters. The number of methoxy groups -OCH3 is 1. The molecule has 1 aromatic heterocycles. The molecule has 1 aliphatic heterocycles. The zero-order valence-corrected chi connectivity index (χ0v) is 13.5. The van der Waals surface area contributed by atoms with Gasteiger partial charge in [0.1, 0.15) is 17.3 Å². The normalized spacial score (nSPS) is 14.3. The second-order valence-corrected chi connectivity index (χ2v) is 5.48. The van der Waals surface area contributed by atoms with Gasteiger partial charge in [-0.2, -0.15) is 0 Å². The van der Waals surface area contributed by atoms with Crippen LogP contribution >= 0.6 is 0 Å². The molecule has 1 fully saturated rings. The highest BCUT2D eigenvalue weighted by molar-refractivity contribution is 6.05. The van der Waals surface area contributed by atoms with Crippen molar-refractivity contribution in [3.05, 3.63) is 42.1 Å². The summed E-state index contributed by atoms with van der Waals surface area (Å²) in [6.45, 7) is 3.78. The molecule has 24 heavy (non-hydrogen) atoms. The van der Waals surface area contributed by atoms with Crippen molar-refractivity contribution in [2.75, 3.05) is 43.5 Å². The molecular formula is C17H20N4O3. The number of anilines is 2. The molecule has 0 bridgehead atoms. The van der Waals surface area contributed by atoms with Crippen LogP contribution in [0.2, 0.25) is 0 Å². The molecule has 1 aliphatic rings. The van der Waals surface area contributed by atoms with Gasteiger partial charge in [0.25, 0.3) is 5.91 Å². The van der Waals surface area contributed by atoms with Crippen molar-refractivity contribution >= 4 is 17.4 Å². The van der Waals surface area contributed by atoms with E-state index in [2.05, 4.69) is 20.5 Å². The molecule has 0 radical (unpaired) electrons. The first-order valence-electron chi connectivity index (χ1n) is 7.77. The Labute approximate surface area is 140 Å². The van der Waals surface area contributed by atoms with Crippen LogP contribution in [0, 0.1) is 0 Å². The van der Waals surface area contributed by atoms with Crippen LogP contribution in [-0.2, 0) is 0 Å². The van der Waals surface area contributed by atoms with E-state index in [1.807, 2.05) is 6.07 Å². The van der Waals surface area contributed by atoms with Gasteiger partial charge >= 0.3 is 0 Å². The van der Waals surface area contributed by atoms with Crippen molar-refractivity contribution in [3.63, 3.8) is 0 Å². The number of hydrogen-bond donors (Lipinski definition) is 3. The summed E-state index contributed by atoms with van der Waals surface area (Å²) in [6, 6.07) is 8.19. The van der Waals surface area contributed by atoms with Crippen molar-refractivity contribution in [2.24, 2.45) is 0 Å². The number of carbonyl (C=O) groups excluding carboxylic acids is 1. The first-order chi connectivity index (χ1) is 11.7. The minimum Gasteiger partial charge on any atom is -0.507 e. The minimum atomic E-state index is -0.436. The molecular weight excluding hydrogens is 308 g/mol. The molecule has 7 heteroatoms. The molecule has 3 rings (SSSR count). The predicted octanol–water partition coefficient (Wildman–Crippen LogP) is 1.46. The Morgan fingerprint density at radius 2 is 2.08 bits per heavy atom. The van der Waals surface area contributed by atoms with Gasteiger partial charge in [0.05, 0.1) is 24.6 Å². The van der Waals surface area contributed by atoms with Gasteiger partial charge in [-0.1, -0.05) is 0 Å². The zero-order chi connectivity index (χ0) is 16.9. The van der Waals surface area contributed by atoms with Gasteiger partial charge in [-0.15, -0.1) is 0 Å². The lowest BCUT2D eigenvalue weighted by atomic mass is 10.1. The number of rotatable bonds is 4. The lowest BCUT2D eigenvalue weighted by Crippen LogP contribution is -2.43. The maximum Gasteiger partial charge on any atom is 0.260 e. The van der Waals surface area contributed by atoms with Crippen LogP contribution in [0.5, 0.6) is 11.5 Å². The molecule has 0 aliphatic carbocycles. The molecule has 1 aromatic carbocycles. The summed E-state index contributed by atoms with van der Waals surface area (Å²) < 4.78 is 5.08. The second kappa shape index (κ2) is 7.18. The summed E-state index contributed by atoms with van der Waals surface area (Å²) in [5.74, 6) is 0.389. The van der Waals surface area contributed by atoms with Gasteiger partial charge in [-0.05, 0) is 30.3 Å². The van der Waals surface area contributed by atoms with Crippen LogP contribution in [0.4, 0.5) is 11.5 Å². The Kier molecular flexibility index (Phi) is 4.81. The van der Waals surface area contributed by atoms with Crippen molar-refractivity contribution < 1.29 is 14.6 Å². The largest absolute Gasteiger partial charge is 0.507 e. The third-order valence-electron chi connectivity index (χ3n) is 3.92. The van der Waals surface area contributed by atoms with Gasteiger partial charge in [-0.25, -0.2) is 4.98 Å². The van der Waals surface area contributed by atoms with Gasteiger partial charge in [0.15, 0.2) is 0 Å². The summed E-state index contributed by atoms with van der Waals surface area (Å²) in [5.41, 5.74) is 1.17. The maximum absolute atomic E-state index is 12.3. The van der Waals surface area contributed by atoms with E-state index in [4.69, 9.17) is 4.74 Å². The predicted molar refractivity (Wildman–Crippen MR) is 91.9 cm³/mol. The van der Waals surface area contributed by atoms with Crippen molar-refractivity contribution in [3.8, 4) is 11.5 Å². The average Bonchev–Trinajstić information content (AvgIpc) is 2.63. The average molecular weight is 328 g/mol. The topological polar surface area (TPSA) is 86.7 Å². The third-order valence-corrected chi connectivity index (χ3v) is 3.92. The molecule has 0 atom stereocenters. The van der Waals surface area contributed by atoms with E-state index in [0.717, 1.165) is 31.9 Å². The SMILES string of the molecule is COc1ccc(O)c(C(=O)Nc2ccc(N3CCNCC3)cn2)c1. The Balaban J connectivity index is 1.70. The van der Waals surface area contributed by atoms with E-state index < -0.39 is 5.91 Å². The molecule has 0 saturated carbocycles. The lowest BCUT2D eigenvalue weighted by Gasteiger charge is -2.29. The molecule has 1 amide bonds. The molecule has 7 nitrogen and oxygen atoms in total. The second-order valence-electron chi connectivity index (χ2n) is 5.48. The fourth-order valence-electron chi connectivity index (χ4n) is 2.58. The number of nitrogens with zero attached hydrogens (tertiary/aromatic N) is 2. The number of nitrogens with one attached hydrogen (secondary N) is 2. The van der Waals surface area contributed by atoms with E-state index in [1.54, 1.807) is 18.3 Å². The summed E-state index contributed by atoms with van der Waals surface area (Å²) in [6.07, 6.45) is 1.74. The van der Waals surface area contributed by atoms with Crippen LogP contribution in [0.15, 0.2) is 36.5 Å². The van der Waals surface area contributed by atoms with Gasteiger partial charge in [0, 0.05) is 26.2 Å². The Morgan fingerprint density at radius 3 is 2.75 bits per heavy atom. The number of benzene rings is 1. The van der Waals surface area contributed by atoms with Gasteiger partial charge in [-0.3, -0.25) is 4.79 Å². The highest BCUT2D eigenvalue weighted by atomic mass is 16.5. The van der Waals surface area contributed by atoms with Gasteiger partial charge in [0.2, 0.25) is 0 Å². The molecule has 0 spiro atoms. The number of amides is 1. The van der Waals surface area contributed by atoms with E-state index in [1.165, 1.54) is 19.2 Å². The van der Waals surface area contributed by atoms with Crippen LogP contribution < -0.4 is 20.3 Å². The van der Waals surface area contributed by atoms with Crippen molar-refractivity contribution in [1.82, 2.24) is 10.3 Å². The summed E-state index contributed by atoms with van der Waals surface area (Å²) >= 11 is 0. The number of aromatic nitrogens is 1. The Morgan fingerprint density at radius 1 is 1.29 bits per heavy atom. The number of carbonyl (C=O) groups is 1. The Bertz CT molecular complexity index is 712. The monoisotopic (exact) mass is 328 g/mol. The summed E-state index contributed by atoms with van der Waals surface area (Å²) in [4.78, 5) is 18.8. The fraction of sp³-hybridized carbons (Fsp3) is 0.294. The maximum atomic E-state index is 12.3. The zero-order valence-electron chi connectivity index (χ0n) is 13.5. The lowest BCUT2D eigenvalue weighted by molar-refractivity contribution is 0.102. The van der Waals surface area contributed by atoms with Crippen LogP contribution in [0.3, 0.4) is 0 Å². The molecule has 126 valence electrons. The number of phenols is 1. The number of hydrogen-bond acceptors (Lipinski definition) is 6. The molecule has 2 aromatic rings. The number of pyridine rings is 1. The van der Waals surface area contributed by atoms with Gasteiger partial charge < -0.3 is 25.4 Å². The summed E-state index contributed by atoms with van der Waals surface area (Å²) in [5, 5.41) is 15.8. The van der Waals surface area contributed by atoms with Crippen LogP contribution in [0.25, 0.3) is 0 Å². The van der Waals surface area contributed by atoms with E-state index in [-0.39, 0.29) is 11.3 Å². The minimum absolute atomic E-state index is 0.106. The highest BCUT2D eigenvalue weighted by Crippen LogP contribution is 2.24. The number of ether oxygens (including phenoxy) is 1. The third kappa shape index (κ3) is 3.57. The highest BCUT2D eigenvalue weighted by Gasteiger charge is 2.14. The first kappa shape index (κ1) is 16.1. The van der Waals surface area contributed by atoms with Crippen LogP contribution in [0.1, 0.15) is 10.4 Å². The van der Waals surface area contributed by atoms with E-state index in [0.29, 0.717) is 11.6 Å². The molecule has 1 saturated heterocycles. The number of aromatic hydroxyl groups is 1. The summed E-state index contributed by atoms with van der Waals surface area (Å²) in [7, 11) is 1.50. The van der Waals surface area contributed by atoms with Crippen molar-refractivity contribution in [1.29, 1.82) is 0 Å². The van der Waals surface area contributed by atoms with Crippen molar-refractivity contribution in [2.45, 2.75) is 0 Å². The molecule has 3 N–H and O–H groups in total. The fourth-order valence-corrected chi connectivity index (χ4v) is 2.58. The first-order valence-corrected chi connectivity index (χ1v) is 7.77. The van der Waals surface area contributed by atoms with Crippen LogP contribution in [-0.4, -0.2) is 49.3 Å². The van der Waals surface area contributed by atoms with E-state index >= 15 is 0 Å². The van der Waals surface area contributed by atoms with E-state index in [9.17, 15) is 9.90 Å². The number of phenolic OH excluding ortho intramolecular Hbond substituents is 1. The molecule has 2 heterocycles.